The Morgan fingerprint density at radius 2 is 2.12 bits per heavy atom. The van der Waals surface area contributed by atoms with E-state index in [1.807, 2.05) is 0 Å². The van der Waals surface area contributed by atoms with E-state index in [9.17, 15) is 4.79 Å². The first kappa shape index (κ1) is 11.8. The Kier molecular flexibility index (Phi) is 4.12. The van der Waals surface area contributed by atoms with Gasteiger partial charge in [0.2, 0.25) is 11.0 Å². The van der Waals surface area contributed by atoms with Crippen molar-refractivity contribution >= 4 is 34.0 Å². The third-order valence-corrected chi connectivity index (χ3v) is 4.01. The fraction of sp³-hybridized carbons (Fsp3) is 0.700. The number of alkyl halides is 1. The molecule has 1 fully saturated rings. The monoisotopic (exact) mass is 259 g/mol. The summed E-state index contributed by atoms with van der Waals surface area (Å²) in [4.78, 5) is 11.1. The topological polar surface area (TPSA) is 54.9 Å². The molecular formula is C10H14ClN3OS. The second-order valence-electron chi connectivity index (χ2n) is 3.96. The lowest BCUT2D eigenvalue weighted by Gasteiger charge is -2.18. The van der Waals surface area contributed by atoms with Gasteiger partial charge < -0.3 is 0 Å². The number of halogens is 1. The quantitative estimate of drug-likeness (QED) is 0.850. The van der Waals surface area contributed by atoms with Crippen LogP contribution in [0.4, 0.5) is 5.13 Å². The van der Waals surface area contributed by atoms with Crippen molar-refractivity contribution in [2.45, 2.75) is 38.0 Å². The van der Waals surface area contributed by atoms with Crippen molar-refractivity contribution < 1.29 is 4.79 Å². The van der Waals surface area contributed by atoms with Gasteiger partial charge in [-0.2, -0.15) is 0 Å². The van der Waals surface area contributed by atoms with Gasteiger partial charge in [-0.1, -0.05) is 30.6 Å². The van der Waals surface area contributed by atoms with Crippen molar-refractivity contribution in [3.63, 3.8) is 0 Å². The van der Waals surface area contributed by atoms with Gasteiger partial charge in [-0.25, -0.2) is 0 Å². The molecule has 0 saturated heterocycles. The molecule has 0 atom stereocenters. The molecule has 2 rings (SSSR count). The summed E-state index contributed by atoms with van der Waals surface area (Å²) < 4.78 is 0. The van der Waals surface area contributed by atoms with Crippen LogP contribution in [0, 0.1) is 0 Å². The lowest BCUT2D eigenvalue weighted by Crippen LogP contribution is -2.12. The summed E-state index contributed by atoms with van der Waals surface area (Å²) in [5, 5.41) is 12.3. The van der Waals surface area contributed by atoms with Crippen LogP contribution in [0.15, 0.2) is 0 Å². The van der Waals surface area contributed by atoms with E-state index in [4.69, 9.17) is 11.6 Å². The summed E-state index contributed by atoms with van der Waals surface area (Å²) in [6, 6.07) is 0. The largest absolute Gasteiger partial charge is 0.299 e. The van der Waals surface area contributed by atoms with Crippen LogP contribution in [0.3, 0.4) is 0 Å². The number of rotatable bonds is 3. The average molecular weight is 260 g/mol. The predicted molar refractivity (Wildman–Crippen MR) is 65.1 cm³/mol. The highest BCUT2D eigenvalue weighted by Gasteiger charge is 2.19. The maximum atomic E-state index is 11.1. The lowest BCUT2D eigenvalue weighted by atomic mass is 9.90. The molecule has 4 nitrogen and oxygen atoms in total. The van der Waals surface area contributed by atoms with E-state index in [1.54, 1.807) is 0 Å². The van der Waals surface area contributed by atoms with Gasteiger partial charge in [-0.3, -0.25) is 10.1 Å². The predicted octanol–water partition coefficient (Wildman–Crippen LogP) is 2.76. The van der Waals surface area contributed by atoms with Gasteiger partial charge in [0.05, 0.1) is 0 Å². The molecule has 0 unspecified atom stereocenters. The smallest absolute Gasteiger partial charge is 0.241 e. The average Bonchev–Trinajstić information content (AvgIpc) is 2.78. The second kappa shape index (κ2) is 5.59. The third kappa shape index (κ3) is 2.92. The van der Waals surface area contributed by atoms with Crippen LogP contribution in [0.25, 0.3) is 0 Å². The van der Waals surface area contributed by atoms with E-state index < -0.39 is 0 Å². The number of hydrogen-bond acceptors (Lipinski definition) is 4. The molecule has 16 heavy (non-hydrogen) atoms. The maximum Gasteiger partial charge on any atom is 0.241 e. The number of amides is 1. The van der Waals surface area contributed by atoms with Gasteiger partial charge in [0.1, 0.15) is 10.9 Å². The number of anilines is 1. The number of carbonyl (C=O) groups excluding carboxylic acids is 1. The van der Waals surface area contributed by atoms with E-state index in [-0.39, 0.29) is 11.8 Å². The third-order valence-electron chi connectivity index (χ3n) is 2.76. The molecule has 1 aromatic rings. The highest BCUT2D eigenvalue weighted by molar-refractivity contribution is 7.15. The molecule has 1 heterocycles. The van der Waals surface area contributed by atoms with Crippen LogP contribution in [-0.2, 0) is 4.79 Å². The van der Waals surface area contributed by atoms with Crippen LogP contribution < -0.4 is 5.32 Å². The summed E-state index contributed by atoms with van der Waals surface area (Å²) >= 11 is 6.87. The minimum absolute atomic E-state index is 0.0433. The van der Waals surface area contributed by atoms with Gasteiger partial charge in [-0.15, -0.1) is 21.8 Å². The molecule has 1 saturated carbocycles. The van der Waals surface area contributed by atoms with Crippen LogP contribution in [-0.4, -0.2) is 22.0 Å². The first-order valence-electron chi connectivity index (χ1n) is 5.49. The Hall–Kier alpha value is -0.680. The van der Waals surface area contributed by atoms with Gasteiger partial charge in [0, 0.05) is 5.92 Å². The Balaban J connectivity index is 1.98. The molecule has 88 valence electrons. The Morgan fingerprint density at radius 3 is 2.81 bits per heavy atom. The lowest BCUT2D eigenvalue weighted by molar-refractivity contribution is -0.113. The highest BCUT2D eigenvalue weighted by Crippen LogP contribution is 2.34. The van der Waals surface area contributed by atoms with E-state index >= 15 is 0 Å². The van der Waals surface area contributed by atoms with Crippen LogP contribution in [0.2, 0.25) is 0 Å². The van der Waals surface area contributed by atoms with Crippen molar-refractivity contribution in [3.8, 4) is 0 Å². The molecule has 1 amide bonds. The minimum Gasteiger partial charge on any atom is -0.299 e. The fourth-order valence-corrected chi connectivity index (χ4v) is 2.95. The Morgan fingerprint density at radius 1 is 1.38 bits per heavy atom. The van der Waals surface area contributed by atoms with E-state index in [0.717, 1.165) is 5.01 Å². The molecule has 0 bridgehead atoms. The number of hydrogen-bond donors (Lipinski definition) is 1. The second-order valence-corrected chi connectivity index (χ2v) is 5.24. The van der Waals surface area contributed by atoms with E-state index in [0.29, 0.717) is 11.0 Å². The molecule has 0 spiro atoms. The van der Waals surface area contributed by atoms with Crippen LogP contribution in [0.5, 0.6) is 0 Å². The molecule has 0 aromatic carbocycles. The molecule has 1 N–H and O–H groups in total. The SMILES string of the molecule is O=C(CCl)Nc1nnc(C2CCCCC2)s1. The molecule has 1 aromatic heterocycles. The highest BCUT2D eigenvalue weighted by atomic mass is 35.5. The maximum absolute atomic E-state index is 11.1. The zero-order chi connectivity index (χ0) is 11.4. The minimum atomic E-state index is -0.229. The first-order valence-corrected chi connectivity index (χ1v) is 6.84. The first-order chi connectivity index (χ1) is 7.79. The van der Waals surface area contributed by atoms with Crippen molar-refractivity contribution in [2.75, 3.05) is 11.2 Å². The van der Waals surface area contributed by atoms with Crippen molar-refractivity contribution in [1.29, 1.82) is 0 Å². The van der Waals surface area contributed by atoms with E-state index in [2.05, 4.69) is 15.5 Å². The van der Waals surface area contributed by atoms with Gasteiger partial charge in [0.15, 0.2) is 0 Å². The van der Waals surface area contributed by atoms with Gasteiger partial charge >= 0.3 is 0 Å². The van der Waals surface area contributed by atoms with Crippen molar-refractivity contribution in [1.82, 2.24) is 10.2 Å². The summed E-state index contributed by atoms with van der Waals surface area (Å²) in [6.45, 7) is 0. The van der Waals surface area contributed by atoms with Gasteiger partial charge in [-0.05, 0) is 12.8 Å². The normalized spacial score (nSPS) is 17.3. The number of carbonyl (C=O) groups is 1. The Bertz CT molecular complexity index is 363. The standard InChI is InChI=1S/C10H14ClN3OS/c11-6-8(15)12-10-14-13-9(16-10)7-4-2-1-3-5-7/h7H,1-6H2,(H,12,14,15). The summed E-state index contributed by atoms with van der Waals surface area (Å²) in [5.74, 6) is 0.263. The Labute approximate surface area is 103 Å². The van der Waals surface area contributed by atoms with Crippen LogP contribution in [0.1, 0.15) is 43.0 Å². The van der Waals surface area contributed by atoms with Gasteiger partial charge in [0.25, 0.3) is 0 Å². The van der Waals surface area contributed by atoms with E-state index in [1.165, 1.54) is 43.4 Å². The molecule has 0 aliphatic heterocycles. The zero-order valence-electron chi connectivity index (χ0n) is 8.91. The molecule has 1 aliphatic carbocycles. The number of nitrogens with one attached hydrogen (secondary N) is 1. The molecule has 0 radical (unpaired) electrons. The number of aromatic nitrogens is 2. The number of nitrogens with zero attached hydrogens (tertiary/aromatic N) is 2. The molecule has 6 heteroatoms. The zero-order valence-corrected chi connectivity index (χ0v) is 10.5. The molecule has 1 aliphatic rings. The molecular weight excluding hydrogens is 246 g/mol. The summed E-state index contributed by atoms with van der Waals surface area (Å²) in [5.41, 5.74) is 0. The fourth-order valence-electron chi connectivity index (χ4n) is 1.95. The van der Waals surface area contributed by atoms with Crippen LogP contribution >= 0.6 is 22.9 Å². The summed E-state index contributed by atoms with van der Waals surface area (Å²) in [7, 11) is 0. The van der Waals surface area contributed by atoms with Crippen molar-refractivity contribution in [2.24, 2.45) is 0 Å². The van der Waals surface area contributed by atoms with Crippen molar-refractivity contribution in [3.05, 3.63) is 5.01 Å². The summed E-state index contributed by atoms with van der Waals surface area (Å²) in [6.07, 6.45) is 6.25.